The zero-order chi connectivity index (χ0) is 12.9. The molecule has 1 N–H and O–H groups in total. The molecule has 0 aliphatic heterocycles. The van der Waals surface area contributed by atoms with Crippen LogP contribution in [0.2, 0.25) is 0 Å². The molecule has 1 atom stereocenters. The second-order valence-corrected chi connectivity index (χ2v) is 6.01. The molecule has 0 bridgehead atoms. The van der Waals surface area contributed by atoms with Crippen molar-refractivity contribution >= 4 is 5.97 Å². The summed E-state index contributed by atoms with van der Waals surface area (Å²) in [6.45, 7) is 10.2. The Morgan fingerprint density at radius 1 is 1.41 bits per heavy atom. The summed E-state index contributed by atoms with van der Waals surface area (Å²) in [6, 6.07) is 0. The molecule has 0 amide bonds. The molecule has 0 aromatic heterocycles. The van der Waals surface area contributed by atoms with E-state index in [0.29, 0.717) is 12.0 Å². The van der Waals surface area contributed by atoms with Gasteiger partial charge in [0.25, 0.3) is 0 Å². The molecule has 0 aromatic carbocycles. The Hall–Kier alpha value is -0.570. The van der Waals surface area contributed by atoms with Crippen molar-refractivity contribution in [3.8, 4) is 0 Å². The number of ether oxygens (including phenoxy) is 1. The second kappa shape index (κ2) is 6.39. The van der Waals surface area contributed by atoms with Gasteiger partial charge in [-0.15, -0.1) is 0 Å². The normalized spacial score (nSPS) is 22.1. The van der Waals surface area contributed by atoms with Gasteiger partial charge in [0, 0.05) is 6.54 Å². The van der Waals surface area contributed by atoms with Gasteiger partial charge in [-0.2, -0.15) is 0 Å². The van der Waals surface area contributed by atoms with Crippen molar-refractivity contribution in [2.75, 3.05) is 13.1 Å². The van der Waals surface area contributed by atoms with Gasteiger partial charge in [0.05, 0.1) is 5.92 Å². The fraction of sp³-hybridized carbons (Fsp3) is 0.929. The van der Waals surface area contributed by atoms with Gasteiger partial charge in [-0.05, 0) is 37.6 Å². The highest BCUT2D eigenvalue weighted by molar-refractivity contribution is 5.72. The van der Waals surface area contributed by atoms with Crippen molar-refractivity contribution in [1.29, 1.82) is 0 Å². The summed E-state index contributed by atoms with van der Waals surface area (Å²) in [5.41, 5.74) is 0.429. The zero-order valence-corrected chi connectivity index (χ0v) is 11.7. The highest BCUT2D eigenvalue weighted by Crippen LogP contribution is 2.36. The van der Waals surface area contributed by atoms with Crippen LogP contribution >= 0.6 is 0 Å². The first kappa shape index (κ1) is 14.5. The van der Waals surface area contributed by atoms with Crippen LogP contribution < -0.4 is 5.32 Å². The van der Waals surface area contributed by atoms with Crippen LogP contribution in [0.4, 0.5) is 0 Å². The lowest BCUT2D eigenvalue weighted by molar-refractivity contribution is -0.155. The lowest BCUT2D eigenvalue weighted by atomic mass is 9.76. The molecule has 3 heteroatoms. The smallest absolute Gasteiger partial charge is 0.310 e. The number of carbonyl (C=O) groups excluding carboxylic acids is 1. The minimum Gasteiger partial charge on any atom is -0.462 e. The molecule has 1 rings (SSSR count). The first-order valence-corrected chi connectivity index (χ1v) is 6.86. The topological polar surface area (TPSA) is 38.3 Å². The van der Waals surface area contributed by atoms with Gasteiger partial charge in [0.1, 0.15) is 6.10 Å². The number of carbonyl (C=O) groups is 1. The van der Waals surface area contributed by atoms with Crippen LogP contribution in [0.25, 0.3) is 0 Å². The Labute approximate surface area is 105 Å². The van der Waals surface area contributed by atoms with Crippen LogP contribution in [0.1, 0.15) is 53.4 Å². The summed E-state index contributed by atoms with van der Waals surface area (Å²) in [5.74, 6) is -0.0828. The van der Waals surface area contributed by atoms with E-state index in [4.69, 9.17) is 4.74 Å². The first-order valence-electron chi connectivity index (χ1n) is 6.86. The van der Waals surface area contributed by atoms with E-state index >= 15 is 0 Å². The number of hydrogen-bond donors (Lipinski definition) is 1. The monoisotopic (exact) mass is 241 g/mol. The third-order valence-corrected chi connectivity index (χ3v) is 3.67. The van der Waals surface area contributed by atoms with Crippen LogP contribution in [0.15, 0.2) is 0 Å². The second-order valence-electron chi connectivity index (χ2n) is 6.01. The summed E-state index contributed by atoms with van der Waals surface area (Å²) < 4.78 is 5.56. The summed E-state index contributed by atoms with van der Waals surface area (Å²) in [6.07, 6.45) is 4.51. The van der Waals surface area contributed by atoms with Gasteiger partial charge in [-0.25, -0.2) is 0 Å². The average molecular weight is 241 g/mol. The van der Waals surface area contributed by atoms with E-state index in [0.717, 1.165) is 32.2 Å². The average Bonchev–Trinajstić information content (AvgIpc) is 2.28. The summed E-state index contributed by atoms with van der Waals surface area (Å²) >= 11 is 0. The molecule has 0 spiro atoms. The van der Waals surface area contributed by atoms with Crippen molar-refractivity contribution in [1.82, 2.24) is 5.32 Å². The third-order valence-electron chi connectivity index (χ3n) is 3.67. The maximum Gasteiger partial charge on any atom is 0.310 e. The maximum absolute atomic E-state index is 11.8. The Morgan fingerprint density at radius 3 is 2.53 bits per heavy atom. The van der Waals surface area contributed by atoms with Crippen molar-refractivity contribution in [2.24, 2.45) is 11.3 Å². The summed E-state index contributed by atoms with van der Waals surface area (Å²) in [5, 5.41) is 3.18. The molecular weight excluding hydrogens is 214 g/mol. The zero-order valence-electron chi connectivity index (χ0n) is 11.7. The van der Waals surface area contributed by atoms with Gasteiger partial charge in [-0.3, -0.25) is 4.79 Å². The van der Waals surface area contributed by atoms with E-state index in [9.17, 15) is 4.79 Å². The predicted octanol–water partition coefficient (Wildman–Crippen LogP) is 2.74. The number of hydrogen-bond acceptors (Lipinski definition) is 3. The molecule has 0 radical (unpaired) electrons. The molecule has 0 heterocycles. The molecular formula is C14H27NO2. The van der Waals surface area contributed by atoms with Crippen LogP contribution in [0.3, 0.4) is 0 Å². The number of esters is 1. The molecule has 1 unspecified atom stereocenters. The molecule has 1 aliphatic carbocycles. The van der Waals surface area contributed by atoms with Crippen molar-refractivity contribution in [2.45, 2.75) is 59.5 Å². The van der Waals surface area contributed by atoms with E-state index in [2.05, 4.69) is 19.2 Å². The van der Waals surface area contributed by atoms with Gasteiger partial charge in [-0.1, -0.05) is 27.7 Å². The predicted molar refractivity (Wildman–Crippen MR) is 69.8 cm³/mol. The molecule has 1 fully saturated rings. The maximum atomic E-state index is 11.8. The molecule has 1 aliphatic rings. The van der Waals surface area contributed by atoms with Gasteiger partial charge in [0.2, 0.25) is 0 Å². The molecule has 3 nitrogen and oxygen atoms in total. The Balaban J connectivity index is 2.27. The van der Waals surface area contributed by atoms with Crippen LogP contribution in [-0.4, -0.2) is 25.2 Å². The van der Waals surface area contributed by atoms with Gasteiger partial charge < -0.3 is 10.1 Å². The van der Waals surface area contributed by atoms with E-state index in [1.807, 2.05) is 13.8 Å². The lowest BCUT2D eigenvalue weighted by Crippen LogP contribution is -2.33. The van der Waals surface area contributed by atoms with Crippen LogP contribution in [0.5, 0.6) is 0 Å². The minimum absolute atomic E-state index is 0.0371. The minimum atomic E-state index is -0.0457. The van der Waals surface area contributed by atoms with E-state index in [-0.39, 0.29) is 18.0 Å². The Bertz CT molecular complexity index is 241. The molecule has 1 saturated carbocycles. The SMILES string of the molecule is CCNCC(C)C(=O)OC1CCC(C)(C)CC1. The number of rotatable bonds is 5. The Morgan fingerprint density at radius 2 is 2.00 bits per heavy atom. The van der Waals surface area contributed by atoms with Crippen LogP contribution in [-0.2, 0) is 9.53 Å². The number of nitrogens with one attached hydrogen (secondary N) is 1. The fourth-order valence-electron chi connectivity index (χ4n) is 2.22. The molecule has 0 aromatic rings. The van der Waals surface area contributed by atoms with E-state index < -0.39 is 0 Å². The quantitative estimate of drug-likeness (QED) is 0.752. The standard InChI is InChI=1S/C14H27NO2/c1-5-15-10-11(2)13(16)17-12-6-8-14(3,4)9-7-12/h11-12,15H,5-10H2,1-4H3. The van der Waals surface area contributed by atoms with Crippen molar-refractivity contribution < 1.29 is 9.53 Å². The van der Waals surface area contributed by atoms with E-state index in [1.54, 1.807) is 0 Å². The van der Waals surface area contributed by atoms with Crippen LogP contribution in [0, 0.1) is 11.3 Å². The Kier molecular flexibility index (Phi) is 5.44. The van der Waals surface area contributed by atoms with E-state index in [1.165, 1.54) is 0 Å². The summed E-state index contributed by atoms with van der Waals surface area (Å²) in [4.78, 5) is 11.8. The fourth-order valence-corrected chi connectivity index (χ4v) is 2.22. The third kappa shape index (κ3) is 5.07. The molecule has 100 valence electrons. The molecule has 0 saturated heterocycles. The molecule has 17 heavy (non-hydrogen) atoms. The first-order chi connectivity index (χ1) is 7.94. The van der Waals surface area contributed by atoms with Crippen molar-refractivity contribution in [3.05, 3.63) is 0 Å². The van der Waals surface area contributed by atoms with Gasteiger partial charge >= 0.3 is 5.97 Å². The highest BCUT2D eigenvalue weighted by Gasteiger charge is 2.29. The lowest BCUT2D eigenvalue weighted by Gasteiger charge is -2.34. The van der Waals surface area contributed by atoms with Gasteiger partial charge in [0.15, 0.2) is 0 Å². The highest BCUT2D eigenvalue weighted by atomic mass is 16.5. The summed E-state index contributed by atoms with van der Waals surface area (Å²) in [7, 11) is 0. The largest absolute Gasteiger partial charge is 0.462 e. The van der Waals surface area contributed by atoms with Crippen molar-refractivity contribution in [3.63, 3.8) is 0 Å².